The van der Waals surface area contributed by atoms with Crippen molar-refractivity contribution in [3.8, 4) is 6.07 Å². The van der Waals surface area contributed by atoms with Crippen LogP contribution in [0.25, 0.3) is 9.69 Å². The van der Waals surface area contributed by atoms with Gasteiger partial charge in [-0.15, -0.1) is 0 Å². The molecular formula is C15H24N8O. The predicted molar refractivity (Wildman–Crippen MR) is 89.3 cm³/mol. The molecule has 0 bridgehead atoms. The molecule has 1 aliphatic rings. The van der Waals surface area contributed by atoms with Gasteiger partial charge >= 0.3 is 6.03 Å². The van der Waals surface area contributed by atoms with Crippen molar-refractivity contribution in [3.05, 3.63) is 22.8 Å². The molecule has 1 aliphatic heterocycles. The number of hydrogen-bond donors (Lipinski definition) is 1. The maximum Gasteiger partial charge on any atom is 0.320 e. The zero-order valence-corrected chi connectivity index (χ0v) is 13.9. The zero-order valence-electron chi connectivity index (χ0n) is 13.9. The monoisotopic (exact) mass is 332 g/mol. The second kappa shape index (κ2) is 11.2. The van der Waals surface area contributed by atoms with Gasteiger partial charge in [0.05, 0.1) is 12.6 Å². The molecule has 0 saturated carbocycles. The maximum atomic E-state index is 12.4. The highest BCUT2D eigenvalue weighted by atomic mass is 16.2. The van der Waals surface area contributed by atoms with Crippen LogP contribution in [0.3, 0.4) is 0 Å². The van der Waals surface area contributed by atoms with E-state index >= 15 is 0 Å². The quantitative estimate of drug-likeness (QED) is 0.409. The average Bonchev–Trinajstić information content (AvgIpc) is 2.91. The van der Waals surface area contributed by atoms with Crippen molar-refractivity contribution in [2.45, 2.75) is 0 Å². The van der Waals surface area contributed by atoms with Gasteiger partial charge in [0.15, 0.2) is 0 Å². The highest BCUT2D eigenvalue weighted by Gasteiger charge is 2.28. The summed E-state index contributed by atoms with van der Waals surface area (Å²) in [6.45, 7) is 19.1. The minimum absolute atomic E-state index is 0.0229. The van der Waals surface area contributed by atoms with Crippen molar-refractivity contribution in [2.75, 3.05) is 72.2 Å². The Morgan fingerprint density at radius 3 is 2.08 bits per heavy atom. The summed E-state index contributed by atoms with van der Waals surface area (Å²) in [5, 5.41) is 8.79. The van der Waals surface area contributed by atoms with Gasteiger partial charge in [-0.05, 0) is 0 Å². The molecule has 9 nitrogen and oxygen atoms in total. The molecule has 0 radical (unpaired) electrons. The molecule has 1 heterocycles. The SMILES string of the molecule is [C-]#[N+]CN(CCN1CCN(CCN(CC#N)CCN)C1=O)C[N+]#[C-]. The van der Waals surface area contributed by atoms with Crippen LogP contribution in [0.2, 0.25) is 0 Å². The molecule has 2 amide bonds. The van der Waals surface area contributed by atoms with E-state index < -0.39 is 0 Å². The van der Waals surface area contributed by atoms with Gasteiger partial charge in [0, 0.05) is 52.4 Å². The molecule has 2 N–H and O–H groups in total. The fourth-order valence-corrected chi connectivity index (χ4v) is 2.51. The summed E-state index contributed by atoms with van der Waals surface area (Å²) in [6.07, 6.45) is 0. The predicted octanol–water partition coefficient (Wildman–Crippen LogP) is -0.436. The van der Waals surface area contributed by atoms with Crippen LogP contribution in [0.5, 0.6) is 0 Å². The van der Waals surface area contributed by atoms with E-state index in [-0.39, 0.29) is 19.4 Å². The van der Waals surface area contributed by atoms with Gasteiger partial charge in [-0.1, -0.05) is 0 Å². The fourth-order valence-electron chi connectivity index (χ4n) is 2.51. The van der Waals surface area contributed by atoms with Crippen LogP contribution in [0.4, 0.5) is 4.79 Å². The van der Waals surface area contributed by atoms with Crippen molar-refractivity contribution >= 4 is 6.03 Å². The number of nitrogens with zero attached hydrogens (tertiary/aromatic N) is 7. The fraction of sp³-hybridized carbons (Fsp3) is 0.733. The minimum Gasteiger partial charge on any atom is -0.329 e. The zero-order chi connectivity index (χ0) is 17.8. The first-order chi connectivity index (χ1) is 11.7. The molecule has 1 saturated heterocycles. The van der Waals surface area contributed by atoms with Gasteiger partial charge < -0.3 is 15.5 Å². The van der Waals surface area contributed by atoms with Crippen LogP contribution >= 0.6 is 0 Å². The van der Waals surface area contributed by atoms with E-state index in [1.807, 2.05) is 4.90 Å². The summed E-state index contributed by atoms with van der Waals surface area (Å²) in [7, 11) is 0. The number of nitriles is 1. The second-order valence-electron chi connectivity index (χ2n) is 5.47. The molecular weight excluding hydrogens is 308 g/mol. The Morgan fingerprint density at radius 1 is 1.08 bits per heavy atom. The van der Waals surface area contributed by atoms with E-state index in [0.29, 0.717) is 58.9 Å². The van der Waals surface area contributed by atoms with Gasteiger partial charge in [0.2, 0.25) is 0 Å². The first kappa shape index (κ1) is 19.7. The van der Waals surface area contributed by atoms with Crippen LogP contribution in [-0.4, -0.2) is 97.9 Å². The third-order valence-electron chi connectivity index (χ3n) is 3.83. The van der Waals surface area contributed by atoms with Gasteiger partial charge in [-0.3, -0.25) is 14.6 Å². The van der Waals surface area contributed by atoms with E-state index in [9.17, 15) is 4.79 Å². The number of carbonyl (C=O) groups excluding carboxylic acids is 1. The van der Waals surface area contributed by atoms with Crippen LogP contribution < -0.4 is 5.73 Å². The van der Waals surface area contributed by atoms with Crippen molar-refractivity contribution in [3.63, 3.8) is 0 Å². The Kier molecular flexibility index (Phi) is 9.18. The first-order valence-electron chi connectivity index (χ1n) is 7.88. The highest BCUT2D eigenvalue weighted by molar-refractivity contribution is 5.76. The minimum atomic E-state index is -0.0229. The first-order valence-corrected chi connectivity index (χ1v) is 7.88. The molecule has 0 atom stereocenters. The van der Waals surface area contributed by atoms with Crippen molar-refractivity contribution in [1.29, 1.82) is 5.26 Å². The van der Waals surface area contributed by atoms with Crippen molar-refractivity contribution < 1.29 is 4.79 Å². The van der Waals surface area contributed by atoms with E-state index in [2.05, 4.69) is 15.8 Å². The molecule has 130 valence electrons. The Balaban J connectivity index is 2.40. The molecule has 0 aromatic rings. The largest absolute Gasteiger partial charge is 0.329 e. The Hall–Kier alpha value is -2.38. The molecule has 1 fully saturated rings. The van der Waals surface area contributed by atoms with Crippen LogP contribution in [0.1, 0.15) is 0 Å². The topological polar surface area (TPSA) is 88.6 Å². The van der Waals surface area contributed by atoms with Crippen LogP contribution in [0.15, 0.2) is 0 Å². The lowest BCUT2D eigenvalue weighted by Crippen LogP contribution is -2.41. The summed E-state index contributed by atoms with van der Waals surface area (Å²) >= 11 is 0. The molecule has 0 unspecified atom stereocenters. The molecule has 9 heteroatoms. The normalized spacial score (nSPS) is 14.1. The number of urea groups is 1. The highest BCUT2D eigenvalue weighted by Crippen LogP contribution is 2.09. The van der Waals surface area contributed by atoms with Gasteiger partial charge in [0.1, 0.15) is 0 Å². The number of nitrogens with two attached hydrogens (primary N) is 1. The summed E-state index contributed by atoms with van der Waals surface area (Å²) < 4.78 is 0. The van der Waals surface area contributed by atoms with Crippen LogP contribution in [0, 0.1) is 24.5 Å². The Bertz CT molecular complexity index is 501. The molecule has 0 aromatic carbocycles. The number of rotatable bonds is 11. The third kappa shape index (κ3) is 6.39. The average molecular weight is 332 g/mol. The number of hydrogen-bond acceptors (Lipinski definition) is 5. The van der Waals surface area contributed by atoms with Crippen molar-refractivity contribution in [2.24, 2.45) is 5.73 Å². The maximum absolute atomic E-state index is 12.4. The summed E-state index contributed by atoms with van der Waals surface area (Å²) in [5.74, 6) is 0. The number of amides is 2. The van der Waals surface area contributed by atoms with Crippen molar-refractivity contribution in [1.82, 2.24) is 19.6 Å². The molecule has 0 spiro atoms. The molecule has 0 aliphatic carbocycles. The van der Waals surface area contributed by atoms with Gasteiger partial charge in [-0.2, -0.15) is 10.2 Å². The second-order valence-corrected chi connectivity index (χ2v) is 5.47. The van der Waals surface area contributed by atoms with E-state index in [1.165, 1.54) is 0 Å². The van der Waals surface area contributed by atoms with E-state index in [4.69, 9.17) is 24.1 Å². The van der Waals surface area contributed by atoms with E-state index in [1.54, 1.807) is 14.7 Å². The summed E-state index contributed by atoms with van der Waals surface area (Å²) in [5.41, 5.74) is 5.52. The molecule has 0 aromatic heterocycles. The van der Waals surface area contributed by atoms with Gasteiger partial charge in [-0.25, -0.2) is 17.9 Å². The van der Waals surface area contributed by atoms with Gasteiger partial charge in [0.25, 0.3) is 13.3 Å². The Labute approximate surface area is 143 Å². The summed E-state index contributed by atoms with van der Waals surface area (Å²) in [4.78, 5) is 26.1. The lowest BCUT2D eigenvalue weighted by atomic mass is 10.4. The lowest BCUT2D eigenvalue weighted by Gasteiger charge is -2.23. The van der Waals surface area contributed by atoms with Crippen LogP contribution in [-0.2, 0) is 0 Å². The Morgan fingerprint density at radius 2 is 1.62 bits per heavy atom. The third-order valence-corrected chi connectivity index (χ3v) is 3.83. The number of carbonyl (C=O) groups is 1. The molecule has 24 heavy (non-hydrogen) atoms. The van der Waals surface area contributed by atoms with E-state index in [0.717, 1.165) is 0 Å². The lowest BCUT2D eigenvalue weighted by molar-refractivity contribution is 0.180. The summed E-state index contributed by atoms with van der Waals surface area (Å²) in [6, 6.07) is 2.08. The smallest absolute Gasteiger partial charge is 0.320 e. The standard InChI is InChI=1S/C15H24N8O/c1-18-13-21(14-19-2)8-10-23-12-11-22(15(23)24)9-7-20(5-3-16)6-4-17/h3,5-14,16H2. The molecule has 1 rings (SSSR count).